The normalized spacial score (nSPS) is 11.8. The predicted octanol–water partition coefficient (Wildman–Crippen LogP) is 18.7. The fourth-order valence-corrected chi connectivity index (χ4v) is 20.9. The van der Waals surface area contributed by atoms with Crippen LogP contribution < -0.4 is 14.2 Å². The van der Waals surface area contributed by atoms with E-state index in [0.717, 1.165) is 67.0 Å². The minimum absolute atomic E-state index is 0.726. The molecule has 0 atom stereocenters. The summed E-state index contributed by atoms with van der Waals surface area (Å²) in [6, 6.07) is 57.8. The molecular weight excluding hydrogens is 1210 g/mol. The van der Waals surface area contributed by atoms with Crippen LogP contribution in [0.5, 0.6) is 17.2 Å². The molecule has 0 aliphatic carbocycles. The van der Waals surface area contributed by atoms with Gasteiger partial charge in [0.05, 0.1) is 0 Å². The molecule has 378 valence electrons. The van der Waals surface area contributed by atoms with Crippen molar-refractivity contribution in [3.63, 3.8) is 0 Å². The summed E-state index contributed by atoms with van der Waals surface area (Å²) in [5, 5.41) is 0. The average molecular weight is 1290 g/mol. The van der Waals surface area contributed by atoms with Gasteiger partial charge >= 0.3 is 429 Å². The topological polar surface area (TPSA) is 55.4 Å². The van der Waals surface area contributed by atoms with E-state index in [0.29, 0.717) is 0 Å². The molecule has 0 saturated carbocycles. The van der Waals surface area contributed by atoms with Crippen LogP contribution >= 0.6 is 60.7 Å². The summed E-state index contributed by atoms with van der Waals surface area (Å²) in [7, 11) is -0.947. The van der Waals surface area contributed by atoms with E-state index in [2.05, 4.69) is 185 Å². The molecule has 0 N–H and O–H groups in total. The van der Waals surface area contributed by atoms with Crippen LogP contribution in [0.15, 0.2) is 164 Å². The molecule has 6 aromatic rings. The van der Waals surface area contributed by atoms with Crippen molar-refractivity contribution in [2.75, 3.05) is 19.8 Å². The number of halogens is 3. The molecular formula is C60H78BI3O6. The van der Waals surface area contributed by atoms with Gasteiger partial charge in [0.1, 0.15) is 0 Å². The standard InChI is InChI=1S/C60H78BI3O6/c1-4-7-10-13-16-28-49-65-58-43-37-55(38-44-58)62(52-31-22-19-23-32-52)68-61(69-63(53-33-24-20-25-34-53)56-39-45-59(46-40-56)66-50-29-17-14-11-8-5-2)70-64(54-35-26-21-27-36-54)57-41-47-60(48-42-57)67-51-30-18-15-12-9-6-3/h19-27,31-48H,4-18,28-30,49-51H2,1-3H3. The van der Waals surface area contributed by atoms with Crippen molar-refractivity contribution in [1.82, 2.24) is 0 Å². The molecule has 70 heavy (non-hydrogen) atoms. The summed E-state index contributed by atoms with van der Waals surface area (Å²) in [6.07, 6.45) is 22.2. The van der Waals surface area contributed by atoms with Gasteiger partial charge in [-0.15, -0.1) is 0 Å². The van der Waals surface area contributed by atoms with Crippen molar-refractivity contribution in [1.29, 1.82) is 0 Å². The summed E-state index contributed by atoms with van der Waals surface area (Å²) in [4.78, 5) is 0. The maximum absolute atomic E-state index is 7.50. The number of rotatable bonds is 36. The van der Waals surface area contributed by atoms with Crippen LogP contribution in [-0.2, 0) is 8.95 Å². The number of benzene rings is 6. The van der Waals surface area contributed by atoms with Gasteiger partial charge in [0.25, 0.3) is 0 Å². The number of hydrogen-bond donors (Lipinski definition) is 0. The first-order chi connectivity index (χ1) is 34.6. The number of ether oxygens (including phenoxy) is 3. The molecule has 0 bridgehead atoms. The Labute approximate surface area is 445 Å². The zero-order chi connectivity index (χ0) is 48.7. The fourth-order valence-electron chi connectivity index (χ4n) is 7.69. The predicted molar refractivity (Wildman–Crippen MR) is 319 cm³/mol. The number of unbranched alkanes of at least 4 members (excludes halogenated alkanes) is 15. The van der Waals surface area contributed by atoms with Crippen LogP contribution in [0.2, 0.25) is 0 Å². The maximum atomic E-state index is 7.50. The van der Waals surface area contributed by atoms with Crippen LogP contribution in [0.4, 0.5) is 0 Å². The summed E-state index contributed by atoms with van der Waals surface area (Å²) in [5.74, 6) is 2.66. The van der Waals surface area contributed by atoms with Crippen LogP contribution in [0.1, 0.15) is 136 Å². The Balaban J connectivity index is 1.29. The summed E-state index contributed by atoms with van der Waals surface area (Å²) < 4.78 is 48.3. The second-order valence-electron chi connectivity index (χ2n) is 17.4. The fraction of sp³-hybridized carbons (Fsp3) is 0.400. The molecule has 0 spiro atoms. The molecule has 0 amide bonds. The first kappa shape index (κ1) is 56.2. The van der Waals surface area contributed by atoms with Crippen LogP contribution in [0, 0.1) is 21.4 Å². The third-order valence-corrected chi connectivity index (χ3v) is 25.5. The van der Waals surface area contributed by atoms with E-state index >= 15 is 0 Å². The van der Waals surface area contributed by atoms with Crippen molar-refractivity contribution in [2.24, 2.45) is 0 Å². The number of hydrogen-bond acceptors (Lipinski definition) is 6. The quantitative estimate of drug-likeness (QED) is 0.0222. The van der Waals surface area contributed by atoms with Gasteiger partial charge in [0, 0.05) is 0 Å². The molecule has 0 unspecified atom stereocenters. The Kier molecular flexibility index (Phi) is 27.5. The zero-order valence-corrected chi connectivity index (χ0v) is 48.6. The Morgan fingerprint density at radius 1 is 0.271 bits per heavy atom. The first-order valence-electron chi connectivity index (χ1n) is 26.1. The van der Waals surface area contributed by atoms with Crippen molar-refractivity contribution in [2.45, 2.75) is 136 Å². The molecule has 0 aromatic heterocycles. The second-order valence-corrected chi connectivity index (χ2v) is 30.7. The van der Waals surface area contributed by atoms with Gasteiger partial charge in [-0.2, -0.15) is 0 Å². The Hall–Kier alpha value is -3.15. The van der Waals surface area contributed by atoms with Crippen molar-refractivity contribution in [3.05, 3.63) is 185 Å². The Morgan fingerprint density at radius 2 is 0.500 bits per heavy atom. The van der Waals surface area contributed by atoms with Gasteiger partial charge in [0.15, 0.2) is 0 Å². The molecule has 6 nitrogen and oxygen atoms in total. The van der Waals surface area contributed by atoms with Crippen molar-refractivity contribution < 1.29 is 23.2 Å². The molecule has 0 radical (unpaired) electrons. The Morgan fingerprint density at radius 3 is 0.757 bits per heavy atom. The van der Waals surface area contributed by atoms with E-state index in [4.69, 9.17) is 23.2 Å². The first-order valence-corrected chi connectivity index (χ1v) is 35.2. The monoisotopic (exact) mass is 1290 g/mol. The van der Waals surface area contributed by atoms with Crippen LogP contribution in [0.25, 0.3) is 0 Å². The molecule has 6 rings (SSSR count). The van der Waals surface area contributed by atoms with E-state index in [1.165, 1.54) is 107 Å². The minimum atomic E-state index is -2.69. The van der Waals surface area contributed by atoms with Gasteiger partial charge in [-0.05, 0) is 0 Å². The molecule has 0 fully saturated rings. The molecule has 0 heterocycles. The van der Waals surface area contributed by atoms with Crippen LogP contribution in [0.3, 0.4) is 0 Å². The van der Waals surface area contributed by atoms with Crippen LogP contribution in [-0.4, -0.2) is 27.1 Å². The van der Waals surface area contributed by atoms with E-state index in [1.54, 1.807) is 0 Å². The summed E-state index contributed by atoms with van der Waals surface area (Å²) >= 11 is -8.06. The third-order valence-electron chi connectivity index (χ3n) is 11.6. The van der Waals surface area contributed by atoms with Gasteiger partial charge in [-0.1, -0.05) is 20.8 Å². The summed E-state index contributed by atoms with van der Waals surface area (Å²) in [6.45, 7) is 8.96. The molecule has 0 aliphatic heterocycles. The van der Waals surface area contributed by atoms with Gasteiger partial charge < -0.3 is 0 Å². The molecule has 0 aliphatic rings. The SMILES string of the molecule is CCCCCCCCOc1ccc(I(OB(OI(c2ccccc2)c2ccc(OCCCCCCCC)cc2)OI(c2ccccc2)c2ccc(OCCCCCCCC)cc2)c2ccccc2)cc1. The zero-order valence-electron chi connectivity index (χ0n) is 42.1. The Bertz CT molecular complexity index is 1970. The summed E-state index contributed by atoms with van der Waals surface area (Å²) in [5.41, 5.74) is 0. The van der Waals surface area contributed by atoms with Gasteiger partial charge in [-0.3, -0.25) is 0 Å². The third kappa shape index (κ3) is 20.4. The van der Waals surface area contributed by atoms with E-state index < -0.39 is 68.0 Å². The second kappa shape index (κ2) is 34.3. The van der Waals surface area contributed by atoms with Gasteiger partial charge in [-0.25, -0.2) is 0 Å². The van der Waals surface area contributed by atoms with Crippen molar-refractivity contribution >= 4 is 68.0 Å². The van der Waals surface area contributed by atoms with E-state index in [1.807, 2.05) is 0 Å². The van der Waals surface area contributed by atoms with Gasteiger partial charge in [0.2, 0.25) is 0 Å². The van der Waals surface area contributed by atoms with Crippen molar-refractivity contribution in [3.8, 4) is 17.2 Å². The average Bonchev–Trinajstić information content (AvgIpc) is 3.41. The van der Waals surface area contributed by atoms with E-state index in [9.17, 15) is 0 Å². The molecule has 6 aromatic carbocycles. The molecule has 10 heteroatoms. The molecule has 0 saturated heterocycles. The van der Waals surface area contributed by atoms with E-state index in [-0.39, 0.29) is 0 Å².